The molecule has 112 valence electrons. The number of hydrogen-bond donors (Lipinski definition) is 1. The number of aromatic nitrogens is 1. The third-order valence-electron chi connectivity index (χ3n) is 3.36. The lowest BCUT2D eigenvalue weighted by Crippen LogP contribution is -2.51. The Morgan fingerprint density at radius 2 is 2.43 bits per heavy atom. The number of carbonyl (C=O) groups excluding carboxylic acids is 1. The standard InChI is InChI=1S/C14H17N3O3S/c1-9-4-17(6-12(20-9)13(15)18)5-11-8-21-14(16-11)10-2-3-19-7-10/h2-3,7-9,12H,4-6H2,1H3,(H2,15,18)/t9-,12?/m1/s1. The zero-order valence-electron chi connectivity index (χ0n) is 11.7. The summed E-state index contributed by atoms with van der Waals surface area (Å²) >= 11 is 1.58. The van der Waals surface area contributed by atoms with Crippen LogP contribution >= 0.6 is 11.3 Å². The van der Waals surface area contributed by atoms with Crippen LogP contribution in [0, 0.1) is 0 Å². The average Bonchev–Trinajstić information content (AvgIpc) is 3.08. The Morgan fingerprint density at radius 3 is 3.14 bits per heavy atom. The highest BCUT2D eigenvalue weighted by atomic mass is 32.1. The molecule has 2 N–H and O–H groups in total. The Kier molecular flexibility index (Phi) is 4.05. The third-order valence-corrected chi connectivity index (χ3v) is 4.30. The van der Waals surface area contributed by atoms with Gasteiger partial charge in [-0.05, 0) is 13.0 Å². The SMILES string of the molecule is C[C@@H]1CN(Cc2csc(-c3ccoc3)n2)CC(C(N)=O)O1. The fourth-order valence-corrected chi connectivity index (χ4v) is 3.25. The summed E-state index contributed by atoms with van der Waals surface area (Å²) in [4.78, 5) is 18.1. The van der Waals surface area contributed by atoms with Crippen molar-refractivity contribution >= 4 is 17.2 Å². The second-order valence-electron chi connectivity index (χ2n) is 5.19. The van der Waals surface area contributed by atoms with Gasteiger partial charge in [0.05, 0.1) is 18.1 Å². The van der Waals surface area contributed by atoms with Gasteiger partial charge in [-0.3, -0.25) is 9.69 Å². The van der Waals surface area contributed by atoms with Crippen molar-refractivity contribution in [3.05, 3.63) is 29.7 Å². The highest BCUT2D eigenvalue weighted by Crippen LogP contribution is 2.25. The molecule has 0 aromatic carbocycles. The van der Waals surface area contributed by atoms with Crippen LogP contribution in [0.2, 0.25) is 0 Å². The summed E-state index contributed by atoms with van der Waals surface area (Å²) in [5.74, 6) is -0.413. The Balaban J connectivity index is 1.67. The quantitative estimate of drug-likeness (QED) is 0.925. The molecule has 0 aliphatic carbocycles. The Labute approximate surface area is 126 Å². The molecular formula is C14H17N3O3S. The second kappa shape index (κ2) is 5.97. The Morgan fingerprint density at radius 1 is 1.57 bits per heavy atom. The number of thiazole rings is 1. The number of rotatable bonds is 4. The molecule has 2 atom stereocenters. The van der Waals surface area contributed by atoms with E-state index in [-0.39, 0.29) is 6.10 Å². The lowest BCUT2D eigenvalue weighted by atomic mass is 10.2. The first-order chi connectivity index (χ1) is 10.1. The van der Waals surface area contributed by atoms with Crippen molar-refractivity contribution in [3.8, 4) is 10.6 Å². The Bertz CT molecular complexity index is 611. The fourth-order valence-electron chi connectivity index (χ4n) is 2.45. The maximum Gasteiger partial charge on any atom is 0.247 e. The van der Waals surface area contributed by atoms with Gasteiger partial charge in [0, 0.05) is 30.6 Å². The molecule has 2 aromatic rings. The van der Waals surface area contributed by atoms with Gasteiger partial charge < -0.3 is 14.9 Å². The highest BCUT2D eigenvalue weighted by Gasteiger charge is 2.29. The van der Waals surface area contributed by atoms with Gasteiger partial charge in [0.25, 0.3) is 0 Å². The molecule has 1 amide bonds. The van der Waals surface area contributed by atoms with E-state index in [9.17, 15) is 4.79 Å². The van der Waals surface area contributed by atoms with E-state index < -0.39 is 12.0 Å². The molecule has 0 bridgehead atoms. The molecule has 7 heteroatoms. The van der Waals surface area contributed by atoms with Crippen LogP contribution in [0.3, 0.4) is 0 Å². The molecule has 1 saturated heterocycles. The first-order valence-electron chi connectivity index (χ1n) is 6.76. The summed E-state index contributed by atoms with van der Waals surface area (Å²) < 4.78 is 10.6. The molecule has 1 aliphatic rings. The van der Waals surface area contributed by atoms with E-state index in [0.29, 0.717) is 13.1 Å². The second-order valence-corrected chi connectivity index (χ2v) is 6.05. The van der Waals surface area contributed by atoms with E-state index in [0.717, 1.165) is 22.8 Å². The highest BCUT2D eigenvalue weighted by molar-refractivity contribution is 7.13. The smallest absolute Gasteiger partial charge is 0.247 e. The lowest BCUT2D eigenvalue weighted by molar-refractivity contribution is -0.142. The molecule has 0 radical (unpaired) electrons. The summed E-state index contributed by atoms with van der Waals surface area (Å²) in [6, 6.07) is 1.89. The summed E-state index contributed by atoms with van der Waals surface area (Å²) in [5, 5.41) is 2.97. The number of carbonyl (C=O) groups is 1. The molecule has 0 saturated carbocycles. The van der Waals surface area contributed by atoms with Crippen LogP contribution < -0.4 is 5.73 Å². The van der Waals surface area contributed by atoms with E-state index >= 15 is 0 Å². The van der Waals surface area contributed by atoms with Crippen molar-refractivity contribution in [3.63, 3.8) is 0 Å². The molecule has 1 fully saturated rings. The first kappa shape index (κ1) is 14.2. The maximum absolute atomic E-state index is 11.3. The van der Waals surface area contributed by atoms with Gasteiger partial charge in [0.15, 0.2) is 0 Å². The number of amides is 1. The number of nitrogens with zero attached hydrogens (tertiary/aromatic N) is 2. The lowest BCUT2D eigenvalue weighted by Gasteiger charge is -2.34. The van der Waals surface area contributed by atoms with E-state index in [4.69, 9.17) is 14.9 Å². The van der Waals surface area contributed by atoms with Crippen molar-refractivity contribution < 1.29 is 13.9 Å². The van der Waals surface area contributed by atoms with Crippen LogP contribution in [0.25, 0.3) is 10.6 Å². The topological polar surface area (TPSA) is 81.6 Å². The molecule has 21 heavy (non-hydrogen) atoms. The average molecular weight is 307 g/mol. The molecule has 1 aliphatic heterocycles. The van der Waals surface area contributed by atoms with Gasteiger partial charge >= 0.3 is 0 Å². The third kappa shape index (κ3) is 3.31. The van der Waals surface area contributed by atoms with Crippen molar-refractivity contribution in [1.82, 2.24) is 9.88 Å². The normalized spacial score (nSPS) is 23.3. The van der Waals surface area contributed by atoms with Crippen LogP contribution in [0.4, 0.5) is 0 Å². The zero-order valence-corrected chi connectivity index (χ0v) is 12.5. The number of furan rings is 1. The molecule has 6 nitrogen and oxygen atoms in total. The van der Waals surface area contributed by atoms with Crippen LogP contribution in [0.5, 0.6) is 0 Å². The van der Waals surface area contributed by atoms with Crippen molar-refractivity contribution in [2.45, 2.75) is 25.7 Å². The predicted octanol–water partition coefficient (Wildman–Crippen LogP) is 1.48. The van der Waals surface area contributed by atoms with Crippen LogP contribution in [0.15, 0.2) is 28.4 Å². The molecule has 0 spiro atoms. The summed E-state index contributed by atoms with van der Waals surface area (Å²) in [7, 11) is 0. The maximum atomic E-state index is 11.3. The Hall–Kier alpha value is -1.70. The van der Waals surface area contributed by atoms with E-state index in [1.54, 1.807) is 23.9 Å². The minimum absolute atomic E-state index is 0.0109. The van der Waals surface area contributed by atoms with Crippen molar-refractivity contribution in [2.75, 3.05) is 13.1 Å². The minimum Gasteiger partial charge on any atom is -0.472 e. The monoisotopic (exact) mass is 307 g/mol. The van der Waals surface area contributed by atoms with Crippen LogP contribution in [0.1, 0.15) is 12.6 Å². The number of nitrogens with two attached hydrogens (primary N) is 1. The van der Waals surface area contributed by atoms with Gasteiger partial charge in [0.1, 0.15) is 17.4 Å². The van der Waals surface area contributed by atoms with E-state index in [1.165, 1.54) is 0 Å². The van der Waals surface area contributed by atoms with Gasteiger partial charge in [-0.15, -0.1) is 11.3 Å². The number of morpholine rings is 1. The molecule has 3 rings (SSSR count). The van der Waals surface area contributed by atoms with Crippen molar-refractivity contribution in [1.29, 1.82) is 0 Å². The molecular weight excluding hydrogens is 290 g/mol. The van der Waals surface area contributed by atoms with E-state index in [1.807, 2.05) is 18.4 Å². The van der Waals surface area contributed by atoms with Gasteiger partial charge in [0.2, 0.25) is 5.91 Å². The van der Waals surface area contributed by atoms with Gasteiger partial charge in [-0.2, -0.15) is 0 Å². The molecule has 3 heterocycles. The first-order valence-corrected chi connectivity index (χ1v) is 7.64. The summed E-state index contributed by atoms with van der Waals surface area (Å²) in [6.45, 7) is 3.91. The zero-order chi connectivity index (χ0) is 14.8. The number of ether oxygens (including phenoxy) is 1. The van der Waals surface area contributed by atoms with Gasteiger partial charge in [-0.25, -0.2) is 4.98 Å². The number of primary amides is 1. The van der Waals surface area contributed by atoms with Crippen LogP contribution in [-0.2, 0) is 16.1 Å². The largest absolute Gasteiger partial charge is 0.472 e. The predicted molar refractivity (Wildman–Crippen MR) is 78.6 cm³/mol. The van der Waals surface area contributed by atoms with Crippen molar-refractivity contribution in [2.24, 2.45) is 5.73 Å². The van der Waals surface area contributed by atoms with Gasteiger partial charge in [-0.1, -0.05) is 0 Å². The minimum atomic E-state index is -0.541. The van der Waals surface area contributed by atoms with E-state index in [2.05, 4.69) is 9.88 Å². The van der Waals surface area contributed by atoms with Crippen LogP contribution in [-0.4, -0.2) is 41.1 Å². The number of hydrogen-bond acceptors (Lipinski definition) is 6. The summed E-state index contributed by atoms with van der Waals surface area (Å²) in [6.07, 6.45) is 2.77. The molecule has 2 aromatic heterocycles. The molecule has 1 unspecified atom stereocenters. The summed E-state index contributed by atoms with van der Waals surface area (Å²) in [5.41, 5.74) is 7.30. The fraction of sp³-hybridized carbons (Fsp3) is 0.429.